The first kappa shape index (κ1) is 11.5. The Morgan fingerprint density at radius 3 is 2.71 bits per heavy atom. The molecule has 1 rings (SSSR count). The number of hydrogen-bond acceptors (Lipinski definition) is 4. The highest BCUT2D eigenvalue weighted by Gasteiger charge is 2.18. The lowest BCUT2D eigenvalue weighted by Gasteiger charge is -2.28. The average molecular weight is 219 g/mol. The van der Waals surface area contributed by atoms with E-state index >= 15 is 0 Å². The Morgan fingerprint density at radius 1 is 1.64 bits per heavy atom. The van der Waals surface area contributed by atoms with Crippen molar-refractivity contribution < 1.29 is 9.42 Å². The van der Waals surface area contributed by atoms with Gasteiger partial charge in [0.15, 0.2) is 0 Å². The second-order valence-electron chi connectivity index (χ2n) is 3.57. The molecule has 0 radical (unpaired) electrons. The van der Waals surface area contributed by atoms with Gasteiger partial charge in [0.05, 0.1) is 0 Å². The maximum atomic E-state index is 11.1. The van der Waals surface area contributed by atoms with Gasteiger partial charge < -0.3 is 15.8 Å². The summed E-state index contributed by atoms with van der Waals surface area (Å²) in [6.45, 7) is 4.37. The minimum absolute atomic E-state index is 0.0477. The summed E-state index contributed by atoms with van der Waals surface area (Å²) in [7, 11) is -0.641. The van der Waals surface area contributed by atoms with E-state index in [9.17, 15) is 4.21 Å². The standard InChI is InChI=1S/C8H17N3O2S/c1-7(8(9)10-12)6-11-2-4-14(13)5-3-11/h7,12H,2-6H2,1H3,(H2,9,10). The number of oxime groups is 1. The van der Waals surface area contributed by atoms with Crippen LogP contribution in [0.5, 0.6) is 0 Å². The lowest BCUT2D eigenvalue weighted by Crippen LogP contribution is -2.42. The first-order valence-electron chi connectivity index (χ1n) is 4.68. The molecule has 82 valence electrons. The monoisotopic (exact) mass is 219 g/mol. The van der Waals surface area contributed by atoms with Gasteiger partial charge in [0.2, 0.25) is 0 Å². The molecule has 0 aromatic heterocycles. The summed E-state index contributed by atoms with van der Waals surface area (Å²) >= 11 is 0. The molecule has 1 fully saturated rings. The van der Waals surface area contributed by atoms with Crippen molar-refractivity contribution >= 4 is 16.6 Å². The van der Waals surface area contributed by atoms with Gasteiger partial charge in [-0.2, -0.15) is 0 Å². The van der Waals surface area contributed by atoms with Crippen molar-refractivity contribution in [3.05, 3.63) is 0 Å². The van der Waals surface area contributed by atoms with Gasteiger partial charge in [0, 0.05) is 47.9 Å². The predicted molar refractivity (Wildman–Crippen MR) is 56.9 cm³/mol. The summed E-state index contributed by atoms with van der Waals surface area (Å²) < 4.78 is 11.1. The van der Waals surface area contributed by atoms with E-state index in [-0.39, 0.29) is 11.8 Å². The highest BCUT2D eigenvalue weighted by atomic mass is 32.2. The minimum atomic E-state index is -0.641. The van der Waals surface area contributed by atoms with Crippen molar-refractivity contribution in [3.63, 3.8) is 0 Å². The molecule has 0 amide bonds. The second-order valence-corrected chi connectivity index (χ2v) is 5.27. The van der Waals surface area contributed by atoms with Crippen LogP contribution in [0.1, 0.15) is 6.92 Å². The maximum Gasteiger partial charge on any atom is 0.143 e. The third-order valence-corrected chi connectivity index (χ3v) is 3.70. The van der Waals surface area contributed by atoms with Gasteiger partial charge in [0.1, 0.15) is 5.84 Å². The van der Waals surface area contributed by atoms with Crippen molar-refractivity contribution in [1.82, 2.24) is 4.90 Å². The molecule has 0 saturated carbocycles. The minimum Gasteiger partial charge on any atom is -0.409 e. The van der Waals surface area contributed by atoms with E-state index in [2.05, 4.69) is 10.1 Å². The van der Waals surface area contributed by atoms with Gasteiger partial charge in [-0.05, 0) is 0 Å². The third-order valence-electron chi connectivity index (χ3n) is 2.42. The Bertz CT molecular complexity index is 235. The van der Waals surface area contributed by atoms with Gasteiger partial charge >= 0.3 is 0 Å². The Labute approximate surface area is 86.4 Å². The molecule has 0 bridgehead atoms. The highest BCUT2D eigenvalue weighted by Crippen LogP contribution is 2.04. The molecule has 14 heavy (non-hydrogen) atoms. The second kappa shape index (κ2) is 5.31. The van der Waals surface area contributed by atoms with Gasteiger partial charge in [-0.3, -0.25) is 4.21 Å². The first-order valence-corrected chi connectivity index (χ1v) is 6.17. The summed E-state index contributed by atoms with van der Waals surface area (Å²) in [4.78, 5) is 2.20. The quantitative estimate of drug-likeness (QED) is 0.288. The van der Waals surface area contributed by atoms with E-state index in [1.807, 2.05) is 6.92 Å². The molecule has 0 aromatic rings. The zero-order valence-electron chi connectivity index (χ0n) is 8.35. The van der Waals surface area contributed by atoms with Crippen LogP contribution >= 0.6 is 0 Å². The number of hydrogen-bond donors (Lipinski definition) is 2. The van der Waals surface area contributed by atoms with Crippen molar-refractivity contribution in [1.29, 1.82) is 0 Å². The van der Waals surface area contributed by atoms with E-state index in [1.165, 1.54) is 0 Å². The first-order chi connectivity index (χ1) is 6.63. The summed E-state index contributed by atoms with van der Waals surface area (Å²) in [5, 5.41) is 11.4. The summed E-state index contributed by atoms with van der Waals surface area (Å²) in [5.74, 6) is 1.79. The van der Waals surface area contributed by atoms with Crippen molar-refractivity contribution in [2.24, 2.45) is 16.8 Å². The van der Waals surface area contributed by atoms with E-state index in [4.69, 9.17) is 10.9 Å². The average Bonchev–Trinajstić information content (AvgIpc) is 2.20. The Balaban J connectivity index is 2.34. The molecule has 1 aliphatic rings. The molecule has 5 nitrogen and oxygen atoms in total. The topological polar surface area (TPSA) is 78.9 Å². The molecule has 1 saturated heterocycles. The summed E-state index contributed by atoms with van der Waals surface area (Å²) in [6.07, 6.45) is 0. The van der Waals surface area contributed by atoms with Crippen LogP contribution in [-0.2, 0) is 10.8 Å². The molecular formula is C8H17N3O2S. The smallest absolute Gasteiger partial charge is 0.143 e. The fourth-order valence-electron chi connectivity index (χ4n) is 1.44. The Hall–Kier alpha value is -0.620. The van der Waals surface area contributed by atoms with Crippen LogP contribution < -0.4 is 5.73 Å². The Morgan fingerprint density at radius 2 is 2.21 bits per heavy atom. The number of amidine groups is 1. The molecule has 1 aliphatic heterocycles. The predicted octanol–water partition coefficient (Wildman–Crippen LogP) is -0.567. The van der Waals surface area contributed by atoms with Gasteiger partial charge in [-0.25, -0.2) is 0 Å². The van der Waals surface area contributed by atoms with Crippen molar-refractivity contribution in [2.45, 2.75) is 6.92 Å². The van der Waals surface area contributed by atoms with Crippen LogP contribution in [0.15, 0.2) is 5.16 Å². The van der Waals surface area contributed by atoms with Crippen LogP contribution in [0.4, 0.5) is 0 Å². The third kappa shape index (κ3) is 3.26. The lowest BCUT2D eigenvalue weighted by molar-refractivity contribution is 0.273. The van der Waals surface area contributed by atoms with Gasteiger partial charge in [-0.15, -0.1) is 0 Å². The molecule has 6 heteroatoms. The zero-order chi connectivity index (χ0) is 10.6. The number of rotatable bonds is 3. The van der Waals surface area contributed by atoms with Crippen LogP contribution in [-0.4, -0.2) is 51.3 Å². The Kier molecular flexibility index (Phi) is 4.34. The molecule has 1 atom stereocenters. The normalized spacial score (nSPS) is 23.6. The highest BCUT2D eigenvalue weighted by molar-refractivity contribution is 7.85. The molecular weight excluding hydrogens is 202 g/mol. The summed E-state index contributed by atoms with van der Waals surface area (Å²) in [5.41, 5.74) is 5.47. The molecule has 0 aliphatic carbocycles. The zero-order valence-corrected chi connectivity index (χ0v) is 9.16. The largest absolute Gasteiger partial charge is 0.409 e. The van der Waals surface area contributed by atoms with Crippen LogP contribution in [0.25, 0.3) is 0 Å². The SMILES string of the molecule is CC(CN1CCS(=O)CC1)C(N)=NO. The molecule has 0 aromatic carbocycles. The maximum absolute atomic E-state index is 11.1. The van der Waals surface area contributed by atoms with Crippen LogP contribution in [0, 0.1) is 5.92 Å². The summed E-state index contributed by atoms with van der Waals surface area (Å²) in [6, 6.07) is 0. The molecule has 1 heterocycles. The fourth-order valence-corrected chi connectivity index (χ4v) is 2.57. The van der Waals surface area contributed by atoms with Gasteiger partial charge in [0.25, 0.3) is 0 Å². The number of nitrogens with two attached hydrogens (primary N) is 1. The van der Waals surface area contributed by atoms with E-state index in [0.29, 0.717) is 0 Å². The van der Waals surface area contributed by atoms with E-state index in [0.717, 1.165) is 31.1 Å². The van der Waals surface area contributed by atoms with E-state index in [1.54, 1.807) is 0 Å². The van der Waals surface area contributed by atoms with Crippen LogP contribution in [0.3, 0.4) is 0 Å². The van der Waals surface area contributed by atoms with Gasteiger partial charge in [-0.1, -0.05) is 12.1 Å². The van der Waals surface area contributed by atoms with Crippen LogP contribution in [0.2, 0.25) is 0 Å². The van der Waals surface area contributed by atoms with Crippen molar-refractivity contribution in [2.75, 3.05) is 31.1 Å². The molecule has 0 spiro atoms. The lowest BCUT2D eigenvalue weighted by atomic mass is 10.1. The van der Waals surface area contributed by atoms with E-state index < -0.39 is 10.8 Å². The fraction of sp³-hybridized carbons (Fsp3) is 0.875. The molecule has 1 unspecified atom stereocenters. The molecule has 3 N–H and O–H groups in total. The number of nitrogens with zero attached hydrogens (tertiary/aromatic N) is 2. The van der Waals surface area contributed by atoms with Crippen molar-refractivity contribution in [3.8, 4) is 0 Å².